The van der Waals surface area contributed by atoms with Gasteiger partial charge in [-0.15, -0.1) is 0 Å². The summed E-state index contributed by atoms with van der Waals surface area (Å²) in [6.45, 7) is -1.07. The highest BCUT2D eigenvalue weighted by atomic mass is 19.3. The minimum Gasteiger partial charge on any atom is -0.486 e. The Balaban J connectivity index is 2.13. The van der Waals surface area contributed by atoms with Crippen molar-refractivity contribution in [1.29, 1.82) is 0 Å². The van der Waals surface area contributed by atoms with E-state index < -0.39 is 12.5 Å². The van der Waals surface area contributed by atoms with E-state index in [-0.39, 0.29) is 17.9 Å². The molecular formula is C17H14F2O2. The van der Waals surface area contributed by atoms with Gasteiger partial charge in [0.25, 0.3) is 0 Å². The van der Waals surface area contributed by atoms with Crippen molar-refractivity contribution in [2.45, 2.75) is 5.92 Å². The van der Waals surface area contributed by atoms with Crippen LogP contribution in [0.25, 0.3) is 0 Å². The van der Waals surface area contributed by atoms with Gasteiger partial charge in [-0.2, -0.15) is 8.78 Å². The Hall–Kier alpha value is -2.38. The van der Waals surface area contributed by atoms with E-state index in [2.05, 4.69) is 11.8 Å². The summed E-state index contributed by atoms with van der Waals surface area (Å²) >= 11 is 0. The van der Waals surface area contributed by atoms with Crippen LogP contribution in [0, 0.1) is 11.8 Å². The maximum absolute atomic E-state index is 14.0. The first kappa shape index (κ1) is 15.0. The third kappa shape index (κ3) is 4.04. The first-order chi connectivity index (χ1) is 10.1. The molecule has 1 N–H and O–H groups in total. The van der Waals surface area contributed by atoms with E-state index in [0.717, 1.165) is 0 Å². The van der Waals surface area contributed by atoms with Crippen molar-refractivity contribution in [1.82, 2.24) is 0 Å². The Bertz CT molecular complexity index is 643. The quantitative estimate of drug-likeness (QED) is 0.875. The van der Waals surface area contributed by atoms with Gasteiger partial charge in [0.15, 0.2) is 6.61 Å². The van der Waals surface area contributed by atoms with Gasteiger partial charge in [-0.1, -0.05) is 54.3 Å². The number of halogens is 2. The predicted octanol–water partition coefficient (Wildman–Crippen LogP) is 3.20. The largest absolute Gasteiger partial charge is 0.486 e. The third-order valence-corrected chi connectivity index (χ3v) is 2.79. The second-order valence-corrected chi connectivity index (χ2v) is 4.32. The Morgan fingerprint density at radius 1 is 1.00 bits per heavy atom. The van der Waals surface area contributed by atoms with Crippen molar-refractivity contribution in [3.63, 3.8) is 0 Å². The van der Waals surface area contributed by atoms with Crippen LogP contribution in [0.2, 0.25) is 0 Å². The predicted molar refractivity (Wildman–Crippen MR) is 76.2 cm³/mol. The van der Waals surface area contributed by atoms with E-state index >= 15 is 0 Å². The number of benzene rings is 2. The Morgan fingerprint density at radius 3 is 2.38 bits per heavy atom. The Morgan fingerprint density at radius 2 is 1.67 bits per heavy atom. The molecule has 0 spiro atoms. The van der Waals surface area contributed by atoms with Gasteiger partial charge in [0.05, 0.1) is 5.56 Å². The lowest BCUT2D eigenvalue weighted by atomic mass is 10.1. The zero-order chi connectivity index (χ0) is 15.1. The number of hydrogen-bond acceptors (Lipinski definition) is 2. The number of alkyl halides is 2. The van der Waals surface area contributed by atoms with E-state index in [1.807, 2.05) is 0 Å². The van der Waals surface area contributed by atoms with Gasteiger partial charge in [-0.3, -0.25) is 0 Å². The summed E-state index contributed by atoms with van der Waals surface area (Å²) in [6, 6.07) is 14.2. The van der Waals surface area contributed by atoms with Crippen molar-refractivity contribution in [3.05, 3.63) is 65.7 Å². The first-order valence-electron chi connectivity index (χ1n) is 6.38. The van der Waals surface area contributed by atoms with Crippen LogP contribution in [0.3, 0.4) is 0 Å². The van der Waals surface area contributed by atoms with E-state index in [1.165, 1.54) is 12.1 Å². The number of rotatable bonds is 4. The highest BCUT2D eigenvalue weighted by molar-refractivity contribution is 5.46. The minimum atomic E-state index is -3.08. The number of aliphatic hydroxyl groups is 1. The molecule has 21 heavy (non-hydrogen) atoms. The van der Waals surface area contributed by atoms with Gasteiger partial charge >= 0.3 is 5.92 Å². The molecule has 0 unspecified atom stereocenters. The molecule has 2 aromatic rings. The fourth-order valence-electron chi connectivity index (χ4n) is 1.76. The zero-order valence-corrected chi connectivity index (χ0v) is 11.2. The highest BCUT2D eigenvalue weighted by Crippen LogP contribution is 2.29. The summed E-state index contributed by atoms with van der Waals surface area (Å²) in [5.41, 5.74) is 0.374. The molecule has 0 atom stereocenters. The molecule has 0 radical (unpaired) electrons. The molecule has 0 fully saturated rings. The average molecular weight is 288 g/mol. The fraction of sp³-hybridized carbons (Fsp3) is 0.176. The molecule has 0 aliphatic rings. The molecule has 4 heteroatoms. The van der Waals surface area contributed by atoms with Gasteiger partial charge < -0.3 is 9.84 Å². The molecule has 0 heterocycles. The van der Waals surface area contributed by atoms with Crippen LogP contribution in [0.5, 0.6) is 5.75 Å². The molecule has 2 nitrogen and oxygen atoms in total. The zero-order valence-electron chi connectivity index (χ0n) is 11.2. The van der Waals surface area contributed by atoms with E-state index in [4.69, 9.17) is 9.84 Å². The average Bonchev–Trinajstić information content (AvgIpc) is 2.52. The lowest BCUT2D eigenvalue weighted by Gasteiger charge is -2.18. The van der Waals surface area contributed by atoms with Gasteiger partial charge in [0.1, 0.15) is 12.4 Å². The summed E-state index contributed by atoms with van der Waals surface area (Å²) in [4.78, 5) is 0. The molecule has 0 aliphatic carbocycles. The number of para-hydroxylation sites is 1. The molecule has 2 aromatic carbocycles. The minimum absolute atomic E-state index is 0.0936. The van der Waals surface area contributed by atoms with E-state index in [1.54, 1.807) is 42.5 Å². The van der Waals surface area contributed by atoms with Crippen molar-refractivity contribution in [3.8, 4) is 17.6 Å². The molecule has 2 rings (SSSR count). The molecule has 0 saturated carbocycles. The van der Waals surface area contributed by atoms with Gasteiger partial charge in [0.2, 0.25) is 0 Å². The number of hydrogen-bond donors (Lipinski definition) is 1. The molecular weight excluding hydrogens is 274 g/mol. The van der Waals surface area contributed by atoms with Crippen molar-refractivity contribution in [2.75, 3.05) is 13.2 Å². The smallest absolute Gasteiger partial charge is 0.306 e. The van der Waals surface area contributed by atoms with Crippen molar-refractivity contribution in [2.24, 2.45) is 0 Å². The molecule has 0 aliphatic heterocycles. The fourth-order valence-corrected chi connectivity index (χ4v) is 1.76. The van der Waals surface area contributed by atoms with Crippen LogP contribution in [-0.4, -0.2) is 18.3 Å². The summed E-state index contributed by atoms with van der Waals surface area (Å²) < 4.78 is 33.3. The third-order valence-electron chi connectivity index (χ3n) is 2.79. The van der Waals surface area contributed by atoms with Crippen molar-refractivity contribution >= 4 is 0 Å². The number of ether oxygens (including phenoxy) is 1. The molecule has 0 amide bonds. The Labute approximate surface area is 122 Å². The molecule has 0 saturated heterocycles. The lowest BCUT2D eigenvalue weighted by molar-refractivity contribution is -0.0467. The van der Waals surface area contributed by atoms with Crippen LogP contribution in [0.1, 0.15) is 11.1 Å². The monoisotopic (exact) mass is 288 g/mol. The highest BCUT2D eigenvalue weighted by Gasteiger charge is 2.32. The van der Waals surface area contributed by atoms with E-state index in [0.29, 0.717) is 5.56 Å². The van der Waals surface area contributed by atoms with E-state index in [9.17, 15) is 8.78 Å². The van der Waals surface area contributed by atoms with Crippen LogP contribution in [0.4, 0.5) is 8.78 Å². The lowest BCUT2D eigenvalue weighted by Crippen LogP contribution is -2.23. The molecule has 108 valence electrons. The number of aliphatic hydroxyl groups excluding tert-OH is 1. The van der Waals surface area contributed by atoms with Crippen LogP contribution < -0.4 is 4.74 Å². The second-order valence-electron chi connectivity index (χ2n) is 4.32. The van der Waals surface area contributed by atoms with Crippen LogP contribution in [0.15, 0.2) is 54.6 Å². The summed E-state index contributed by atoms with van der Waals surface area (Å²) in [5, 5.41) is 8.69. The maximum atomic E-state index is 14.0. The maximum Gasteiger partial charge on any atom is 0.306 e. The Kier molecular flexibility index (Phi) is 4.91. The SMILES string of the molecule is OCC#Cc1ccccc1OCC(F)(F)c1ccccc1. The van der Waals surface area contributed by atoms with Gasteiger partial charge in [-0.05, 0) is 12.1 Å². The standard InChI is InChI=1S/C17H14F2O2/c18-17(19,15-9-2-1-3-10-15)13-21-16-11-5-4-7-14(16)8-6-12-20/h1-5,7,9-11,20H,12-13H2. The van der Waals surface area contributed by atoms with Crippen molar-refractivity contribution < 1.29 is 18.6 Å². The normalized spacial score (nSPS) is 10.6. The topological polar surface area (TPSA) is 29.5 Å². The van der Waals surface area contributed by atoms with Gasteiger partial charge in [-0.25, -0.2) is 0 Å². The summed E-state index contributed by atoms with van der Waals surface area (Å²) in [6.07, 6.45) is 0. The van der Waals surface area contributed by atoms with Crippen LogP contribution in [-0.2, 0) is 5.92 Å². The second kappa shape index (κ2) is 6.87. The van der Waals surface area contributed by atoms with Gasteiger partial charge in [0, 0.05) is 5.56 Å². The first-order valence-corrected chi connectivity index (χ1v) is 6.38. The molecule has 0 bridgehead atoms. The summed E-state index contributed by atoms with van der Waals surface area (Å²) in [7, 11) is 0. The van der Waals surface area contributed by atoms with Crippen LogP contribution >= 0.6 is 0 Å². The summed E-state index contributed by atoms with van der Waals surface area (Å²) in [5.74, 6) is 2.33. The molecule has 0 aromatic heterocycles.